The zero-order valence-corrected chi connectivity index (χ0v) is 19.3. The molecule has 0 saturated heterocycles. The van der Waals surface area contributed by atoms with E-state index < -0.39 is 26.8 Å². The van der Waals surface area contributed by atoms with Crippen molar-refractivity contribution in [3.63, 3.8) is 0 Å². The zero-order chi connectivity index (χ0) is 25.1. The summed E-state index contributed by atoms with van der Waals surface area (Å²) in [5.41, 5.74) is -0.944. The number of halogens is 1. The van der Waals surface area contributed by atoms with Gasteiger partial charge in [-0.25, -0.2) is 0 Å². The summed E-state index contributed by atoms with van der Waals surface area (Å²) >= 11 is 6.05. The Morgan fingerprint density at radius 1 is 0.735 bits per heavy atom. The summed E-state index contributed by atoms with van der Waals surface area (Å²) in [6.07, 6.45) is 0. The number of rotatable bonds is 8. The molecule has 10 heteroatoms. The van der Waals surface area contributed by atoms with Crippen LogP contribution in [0.25, 0.3) is 0 Å². The van der Waals surface area contributed by atoms with Crippen LogP contribution in [0, 0.1) is 25.6 Å². The van der Waals surface area contributed by atoms with Crippen molar-refractivity contribution in [1.82, 2.24) is 0 Å². The van der Waals surface area contributed by atoms with Gasteiger partial charge in [0.2, 0.25) is 5.78 Å². The number of non-ortho nitro benzene ring substituents is 2. The van der Waals surface area contributed by atoms with Crippen molar-refractivity contribution in [2.45, 2.75) is 26.6 Å². The molecule has 34 heavy (non-hydrogen) atoms. The second kappa shape index (κ2) is 9.48. The molecule has 0 aliphatic carbocycles. The van der Waals surface area contributed by atoms with Crippen LogP contribution in [0.3, 0.4) is 0 Å². The van der Waals surface area contributed by atoms with E-state index in [9.17, 15) is 25.0 Å². The smallest absolute Gasteiger partial charge is 0.339 e. The van der Waals surface area contributed by atoms with E-state index in [-0.39, 0.29) is 22.9 Å². The Morgan fingerprint density at radius 2 is 1.12 bits per heavy atom. The van der Waals surface area contributed by atoms with Gasteiger partial charge in [0.15, 0.2) is 0 Å². The van der Waals surface area contributed by atoms with E-state index in [0.717, 1.165) is 0 Å². The van der Waals surface area contributed by atoms with Crippen LogP contribution in [-0.4, -0.2) is 15.6 Å². The first kappa shape index (κ1) is 24.7. The van der Waals surface area contributed by atoms with Gasteiger partial charge in [0.1, 0.15) is 11.5 Å². The summed E-state index contributed by atoms with van der Waals surface area (Å²) in [5.74, 6) is -2.21. The third-order valence-electron chi connectivity index (χ3n) is 4.82. The highest BCUT2D eigenvalue weighted by molar-refractivity contribution is 6.30. The van der Waals surface area contributed by atoms with E-state index in [1.165, 1.54) is 48.5 Å². The van der Waals surface area contributed by atoms with Gasteiger partial charge in [0.05, 0.1) is 9.85 Å². The number of nitro groups is 2. The monoisotopic (exact) mass is 484 g/mol. The predicted molar refractivity (Wildman–Crippen MR) is 125 cm³/mol. The summed E-state index contributed by atoms with van der Waals surface area (Å²) in [6.45, 7) is 5.08. The Labute approximate surface area is 200 Å². The molecule has 0 unspecified atom stereocenters. The highest BCUT2D eigenvalue weighted by Crippen LogP contribution is 2.39. The van der Waals surface area contributed by atoms with Crippen molar-refractivity contribution < 1.29 is 24.1 Å². The Balaban J connectivity index is 2.18. The van der Waals surface area contributed by atoms with Gasteiger partial charge in [-0.3, -0.25) is 25.0 Å². The van der Waals surface area contributed by atoms with E-state index in [1.54, 1.807) is 45.0 Å². The molecule has 0 bridgehead atoms. The van der Waals surface area contributed by atoms with Crippen LogP contribution in [0.2, 0.25) is 5.02 Å². The molecular weight excluding hydrogens is 464 g/mol. The molecule has 0 atom stereocenters. The highest BCUT2D eigenvalue weighted by Gasteiger charge is 2.50. The molecule has 0 aliphatic rings. The van der Waals surface area contributed by atoms with Gasteiger partial charge in [0.25, 0.3) is 11.4 Å². The second-order valence-corrected chi connectivity index (χ2v) is 8.85. The number of carbonyl (C=O) groups excluding carboxylic acids is 1. The number of ketones is 1. The molecule has 3 rings (SSSR count). The maximum absolute atomic E-state index is 13.8. The molecular formula is C24H21ClN2O7. The standard InChI is InChI=1S/C24H21ClN2O7/c1-23(2,3)22(28)24(16-4-6-17(25)7-5-16,33-20-12-8-18(9-13-20)26(29)30)34-21-14-10-19(11-15-21)27(31)32/h4-15H,1-3H3. The quantitative estimate of drug-likeness (QED) is 0.215. The predicted octanol–water partition coefficient (Wildman–Crippen LogP) is 6.08. The van der Waals surface area contributed by atoms with E-state index in [0.29, 0.717) is 10.6 Å². The lowest BCUT2D eigenvalue weighted by Gasteiger charge is -2.37. The lowest BCUT2D eigenvalue weighted by Crippen LogP contribution is -2.52. The first-order chi connectivity index (χ1) is 15.9. The minimum Gasteiger partial charge on any atom is -0.442 e. The normalized spacial score (nSPS) is 11.5. The minimum atomic E-state index is -2.03. The van der Waals surface area contributed by atoms with Crippen molar-refractivity contribution in [2.75, 3.05) is 0 Å². The van der Waals surface area contributed by atoms with Gasteiger partial charge in [-0.05, 0) is 48.5 Å². The lowest BCUT2D eigenvalue weighted by atomic mass is 9.82. The van der Waals surface area contributed by atoms with Crippen LogP contribution in [0.5, 0.6) is 11.5 Å². The van der Waals surface area contributed by atoms with Crippen LogP contribution in [0.1, 0.15) is 26.3 Å². The Morgan fingerprint density at radius 3 is 1.44 bits per heavy atom. The Hall–Kier alpha value is -3.98. The number of nitro benzene ring substituents is 2. The minimum absolute atomic E-state index is 0.139. The fourth-order valence-corrected chi connectivity index (χ4v) is 3.26. The summed E-state index contributed by atoms with van der Waals surface area (Å²) in [5, 5.41) is 22.5. The average Bonchev–Trinajstić information content (AvgIpc) is 2.78. The van der Waals surface area contributed by atoms with Crippen LogP contribution in [-0.2, 0) is 10.6 Å². The fraction of sp³-hybridized carbons (Fsp3) is 0.208. The highest BCUT2D eigenvalue weighted by atomic mass is 35.5. The van der Waals surface area contributed by atoms with Crippen molar-refractivity contribution in [3.8, 4) is 11.5 Å². The molecule has 0 N–H and O–H groups in total. The van der Waals surface area contributed by atoms with E-state index in [4.69, 9.17) is 21.1 Å². The Kier molecular flexibility index (Phi) is 6.88. The van der Waals surface area contributed by atoms with Crippen molar-refractivity contribution >= 4 is 28.8 Å². The number of carbonyl (C=O) groups is 1. The molecule has 0 saturated carbocycles. The topological polar surface area (TPSA) is 122 Å². The first-order valence-corrected chi connectivity index (χ1v) is 10.5. The number of ether oxygens (including phenoxy) is 2. The molecule has 0 fully saturated rings. The summed E-state index contributed by atoms with van der Waals surface area (Å²) < 4.78 is 12.3. The molecule has 0 aliphatic heterocycles. The molecule has 0 heterocycles. The summed E-state index contributed by atoms with van der Waals surface area (Å²) in [4.78, 5) is 34.8. The van der Waals surface area contributed by atoms with Gasteiger partial charge in [-0.1, -0.05) is 32.4 Å². The Bertz CT molecular complexity index is 1140. The third kappa shape index (κ3) is 5.32. The van der Waals surface area contributed by atoms with Crippen LogP contribution in [0.4, 0.5) is 11.4 Å². The summed E-state index contributed by atoms with van der Waals surface area (Å²) in [7, 11) is 0. The van der Waals surface area contributed by atoms with Crippen LogP contribution >= 0.6 is 11.6 Å². The molecule has 0 amide bonds. The molecule has 9 nitrogen and oxygen atoms in total. The van der Waals surface area contributed by atoms with E-state index >= 15 is 0 Å². The number of Topliss-reactive ketones (excluding diaryl/α,β-unsaturated/α-hetero) is 1. The molecule has 3 aromatic rings. The number of benzene rings is 3. The maximum Gasteiger partial charge on any atom is 0.339 e. The SMILES string of the molecule is CC(C)(C)C(=O)C(Oc1ccc([N+](=O)[O-])cc1)(Oc1ccc([N+](=O)[O-])cc1)c1ccc(Cl)cc1. The molecule has 0 aromatic heterocycles. The van der Waals surface area contributed by atoms with E-state index in [2.05, 4.69) is 0 Å². The van der Waals surface area contributed by atoms with Gasteiger partial charge in [-0.2, -0.15) is 0 Å². The second-order valence-electron chi connectivity index (χ2n) is 8.41. The zero-order valence-electron chi connectivity index (χ0n) is 18.6. The number of hydrogen-bond donors (Lipinski definition) is 0. The van der Waals surface area contributed by atoms with Crippen LogP contribution in [0.15, 0.2) is 72.8 Å². The molecule has 3 aromatic carbocycles. The van der Waals surface area contributed by atoms with Gasteiger partial charge < -0.3 is 9.47 Å². The maximum atomic E-state index is 13.8. The van der Waals surface area contributed by atoms with Gasteiger partial charge in [-0.15, -0.1) is 0 Å². The number of nitrogens with zero attached hydrogens (tertiary/aromatic N) is 2. The van der Waals surface area contributed by atoms with Gasteiger partial charge in [0, 0.05) is 40.3 Å². The van der Waals surface area contributed by atoms with Gasteiger partial charge >= 0.3 is 5.79 Å². The molecule has 0 radical (unpaired) electrons. The van der Waals surface area contributed by atoms with Crippen LogP contribution < -0.4 is 9.47 Å². The first-order valence-electron chi connectivity index (χ1n) is 10.1. The van der Waals surface area contributed by atoms with E-state index in [1.807, 2.05) is 0 Å². The lowest BCUT2D eigenvalue weighted by molar-refractivity contribution is -0.385. The average molecular weight is 485 g/mol. The van der Waals surface area contributed by atoms with Crippen molar-refractivity contribution in [3.05, 3.63) is 104 Å². The van der Waals surface area contributed by atoms with Crippen molar-refractivity contribution in [2.24, 2.45) is 5.41 Å². The molecule has 176 valence electrons. The largest absolute Gasteiger partial charge is 0.442 e. The summed E-state index contributed by atoms with van der Waals surface area (Å²) in [6, 6.07) is 16.7. The molecule has 0 spiro atoms. The third-order valence-corrected chi connectivity index (χ3v) is 5.07. The number of hydrogen-bond acceptors (Lipinski definition) is 7. The fourth-order valence-electron chi connectivity index (χ4n) is 3.13. The van der Waals surface area contributed by atoms with Crippen molar-refractivity contribution in [1.29, 1.82) is 0 Å².